The summed E-state index contributed by atoms with van der Waals surface area (Å²) in [5, 5.41) is 2.44. The van der Waals surface area contributed by atoms with Gasteiger partial charge in [0.1, 0.15) is 12.4 Å². The fraction of sp³-hybridized carbons (Fsp3) is 0.273. The van der Waals surface area contributed by atoms with Crippen LogP contribution in [0.3, 0.4) is 0 Å². The van der Waals surface area contributed by atoms with Crippen molar-refractivity contribution in [3.8, 4) is 5.75 Å². The van der Waals surface area contributed by atoms with Crippen molar-refractivity contribution in [3.05, 3.63) is 36.8 Å². The molecule has 0 atom stereocenters. The van der Waals surface area contributed by atoms with Crippen LogP contribution in [0.4, 0.5) is 4.79 Å². The number of methoxy groups -OCH3 is 1. The summed E-state index contributed by atoms with van der Waals surface area (Å²) in [5.41, 5.74) is 0.912. The highest BCUT2D eigenvalue weighted by Gasteiger charge is 2.00. The number of hydrogen-bond acceptors (Lipinski definition) is 3. The number of benzene rings is 1. The zero-order valence-corrected chi connectivity index (χ0v) is 8.66. The summed E-state index contributed by atoms with van der Waals surface area (Å²) in [5.74, 6) is 0.779. The van der Waals surface area contributed by atoms with Gasteiger partial charge in [-0.2, -0.15) is 0 Å². The van der Waals surface area contributed by atoms with Crippen molar-refractivity contribution in [3.63, 3.8) is 0 Å². The fourth-order valence-electron chi connectivity index (χ4n) is 1.02. The molecule has 4 heteroatoms. The Morgan fingerprint density at radius 3 is 2.60 bits per heavy atom. The molecule has 0 bridgehead atoms. The molecule has 0 aliphatic rings. The second-order valence-electron chi connectivity index (χ2n) is 2.85. The zero-order valence-electron chi connectivity index (χ0n) is 8.66. The van der Waals surface area contributed by atoms with Crippen molar-refractivity contribution in [1.29, 1.82) is 0 Å². The van der Waals surface area contributed by atoms with E-state index in [0.29, 0.717) is 6.54 Å². The molecule has 1 N–H and O–H groups in total. The van der Waals surface area contributed by atoms with Crippen LogP contribution in [0.25, 0.3) is 0 Å². The average Bonchev–Trinajstić information content (AvgIpc) is 2.27. The van der Waals surface area contributed by atoms with Gasteiger partial charge in [-0.25, -0.2) is 4.79 Å². The van der Waals surface area contributed by atoms with E-state index in [0.717, 1.165) is 11.3 Å². The molecule has 0 fully saturated rings. The molecule has 0 aromatic heterocycles. The lowest BCUT2D eigenvalue weighted by molar-refractivity contribution is 0.140. The topological polar surface area (TPSA) is 47.6 Å². The van der Waals surface area contributed by atoms with Crippen LogP contribution in [0.2, 0.25) is 0 Å². The number of amides is 1. The maximum atomic E-state index is 10.9. The quantitative estimate of drug-likeness (QED) is 0.820. The standard InChI is InChI=1S/C11H14NO3/c1-3-12-11(13)15-8-9-4-6-10(14-2)7-5-9/h4-7H,1,3,8H2,2H3,(H,12,13). The predicted molar refractivity (Wildman–Crippen MR) is 56.5 cm³/mol. The van der Waals surface area contributed by atoms with Crippen LogP contribution in [0.5, 0.6) is 5.75 Å². The first kappa shape index (κ1) is 11.4. The van der Waals surface area contributed by atoms with E-state index in [-0.39, 0.29) is 6.61 Å². The Kier molecular flexibility index (Phi) is 4.47. The second-order valence-corrected chi connectivity index (χ2v) is 2.85. The van der Waals surface area contributed by atoms with E-state index in [1.807, 2.05) is 24.3 Å². The highest BCUT2D eigenvalue weighted by atomic mass is 16.5. The molecule has 15 heavy (non-hydrogen) atoms. The van der Waals surface area contributed by atoms with Crippen LogP contribution in [0.15, 0.2) is 24.3 Å². The average molecular weight is 208 g/mol. The Balaban J connectivity index is 2.40. The van der Waals surface area contributed by atoms with Crippen molar-refractivity contribution in [2.45, 2.75) is 6.61 Å². The molecule has 81 valence electrons. The first-order valence-electron chi connectivity index (χ1n) is 4.59. The molecule has 0 aliphatic carbocycles. The predicted octanol–water partition coefficient (Wildman–Crippen LogP) is 1.76. The largest absolute Gasteiger partial charge is 0.497 e. The van der Waals surface area contributed by atoms with Gasteiger partial charge in [0.15, 0.2) is 0 Å². The third-order valence-corrected chi connectivity index (χ3v) is 1.80. The van der Waals surface area contributed by atoms with Gasteiger partial charge in [-0.1, -0.05) is 12.1 Å². The number of carbonyl (C=O) groups is 1. The molecule has 4 nitrogen and oxygen atoms in total. The van der Waals surface area contributed by atoms with E-state index >= 15 is 0 Å². The third-order valence-electron chi connectivity index (χ3n) is 1.80. The zero-order chi connectivity index (χ0) is 11.1. The summed E-state index contributed by atoms with van der Waals surface area (Å²) >= 11 is 0. The van der Waals surface area contributed by atoms with Gasteiger partial charge in [-0.3, -0.25) is 0 Å². The first-order chi connectivity index (χ1) is 7.26. The molecule has 0 unspecified atom stereocenters. The van der Waals surface area contributed by atoms with Gasteiger partial charge in [0.05, 0.1) is 7.11 Å². The van der Waals surface area contributed by atoms with Crippen LogP contribution in [0, 0.1) is 6.92 Å². The van der Waals surface area contributed by atoms with E-state index in [4.69, 9.17) is 9.47 Å². The lowest BCUT2D eigenvalue weighted by atomic mass is 10.2. The molecule has 1 aromatic carbocycles. The number of alkyl carbamates (subject to hydrolysis) is 1. The molecule has 1 aromatic rings. The summed E-state index contributed by atoms with van der Waals surface area (Å²) in [7, 11) is 1.60. The summed E-state index contributed by atoms with van der Waals surface area (Å²) in [6, 6.07) is 7.32. The van der Waals surface area contributed by atoms with Crippen LogP contribution in [-0.4, -0.2) is 19.7 Å². The molecular formula is C11H14NO3. The minimum atomic E-state index is -0.458. The van der Waals surface area contributed by atoms with Gasteiger partial charge in [0, 0.05) is 6.54 Å². The van der Waals surface area contributed by atoms with Crippen LogP contribution in [-0.2, 0) is 11.3 Å². The molecule has 0 heterocycles. The third kappa shape index (κ3) is 3.89. The van der Waals surface area contributed by atoms with E-state index < -0.39 is 6.09 Å². The maximum absolute atomic E-state index is 10.9. The van der Waals surface area contributed by atoms with Gasteiger partial charge in [-0.15, -0.1) is 0 Å². The Labute approximate surface area is 89.2 Å². The minimum Gasteiger partial charge on any atom is -0.497 e. The van der Waals surface area contributed by atoms with Gasteiger partial charge < -0.3 is 14.8 Å². The van der Waals surface area contributed by atoms with Crippen LogP contribution in [0.1, 0.15) is 5.56 Å². The summed E-state index contributed by atoms with van der Waals surface area (Å²) < 4.78 is 9.92. The summed E-state index contributed by atoms with van der Waals surface area (Å²) in [4.78, 5) is 10.9. The van der Waals surface area contributed by atoms with Crippen molar-refractivity contribution >= 4 is 6.09 Å². The molecule has 0 aliphatic heterocycles. The Morgan fingerprint density at radius 2 is 2.07 bits per heavy atom. The normalized spacial score (nSPS) is 9.47. The smallest absolute Gasteiger partial charge is 0.407 e. The Bertz CT molecular complexity index is 308. The number of ether oxygens (including phenoxy) is 2. The van der Waals surface area contributed by atoms with Crippen molar-refractivity contribution in [1.82, 2.24) is 5.32 Å². The first-order valence-corrected chi connectivity index (χ1v) is 4.59. The van der Waals surface area contributed by atoms with Crippen LogP contribution < -0.4 is 10.1 Å². The van der Waals surface area contributed by atoms with Crippen molar-refractivity contribution < 1.29 is 14.3 Å². The number of carbonyl (C=O) groups excluding carboxylic acids is 1. The SMILES string of the molecule is [CH2]CNC(=O)OCc1ccc(OC)cc1. The lowest BCUT2D eigenvalue weighted by Gasteiger charge is -2.05. The summed E-state index contributed by atoms with van der Waals surface area (Å²) in [6.45, 7) is 4.04. The Hall–Kier alpha value is -1.71. The van der Waals surface area contributed by atoms with Crippen molar-refractivity contribution in [2.24, 2.45) is 0 Å². The van der Waals surface area contributed by atoms with Gasteiger partial charge in [-0.05, 0) is 24.6 Å². The monoisotopic (exact) mass is 208 g/mol. The van der Waals surface area contributed by atoms with E-state index in [1.165, 1.54) is 0 Å². The maximum Gasteiger partial charge on any atom is 0.407 e. The van der Waals surface area contributed by atoms with Gasteiger partial charge in [0.25, 0.3) is 0 Å². The second kappa shape index (κ2) is 5.90. The molecule has 0 saturated carbocycles. The molecule has 1 rings (SSSR count). The van der Waals surface area contributed by atoms with E-state index in [2.05, 4.69) is 12.2 Å². The van der Waals surface area contributed by atoms with E-state index in [9.17, 15) is 4.79 Å². The molecule has 0 spiro atoms. The van der Waals surface area contributed by atoms with Crippen molar-refractivity contribution in [2.75, 3.05) is 13.7 Å². The van der Waals surface area contributed by atoms with Gasteiger partial charge in [0.2, 0.25) is 0 Å². The summed E-state index contributed by atoms with van der Waals surface area (Å²) in [6.07, 6.45) is -0.458. The highest BCUT2D eigenvalue weighted by Crippen LogP contribution is 2.11. The molecule has 1 amide bonds. The van der Waals surface area contributed by atoms with Crippen LogP contribution >= 0.6 is 0 Å². The number of hydrogen-bond donors (Lipinski definition) is 1. The number of rotatable bonds is 4. The molecule has 0 saturated heterocycles. The molecular weight excluding hydrogens is 194 g/mol. The van der Waals surface area contributed by atoms with Gasteiger partial charge >= 0.3 is 6.09 Å². The highest BCUT2D eigenvalue weighted by molar-refractivity contribution is 5.67. The fourth-order valence-corrected chi connectivity index (χ4v) is 1.02. The molecule has 1 radical (unpaired) electrons. The van der Waals surface area contributed by atoms with E-state index in [1.54, 1.807) is 7.11 Å². The minimum absolute atomic E-state index is 0.246. The lowest BCUT2D eigenvalue weighted by Crippen LogP contribution is -2.23. The number of nitrogens with one attached hydrogen (secondary N) is 1. The Morgan fingerprint density at radius 1 is 1.40 bits per heavy atom.